The molecule has 3 nitrogen and oxygen atoms in total. The summed E-state index contributed by atoms with van der Waals surface area (Å²) in [5.74, 6) is 0.922. The minimum Gasteiger partial charge on any atom is -0.340 e. The number of amides is 1. The number of likely N-dealkylation sites (tertiary alicyclic amines) is 1. The zero-order valence-corrected chi connectivity index (χ0v) is 14.5. The number of nitrogens with zero attached hydrogens (tertiary/aromatic N) is 1. The van der Waals surface area contributed by atoms with E-state index in [2.05, 4.69) is 37.9 Å². The third-order valence-electron chi connectivity index (χ3n) is 3.96. The van der Waals surface area contributed by atoms with Crippen LogP contribution in [-0.2, 0) is 4.79 Å². The predicted octanol–water partition coefficient (Wildman–Crippen LogP) is 3.30. The average Bonchev–Trinajstić information content (AvgIpc) is 2.33. The highest BCUT2D eigenvalue weighted by Gasteiger charge is 2.34. The number of carbonyl (C=O) groups is 1. The van der Waals surface area contributed by atoms with Crippen LogP contribution in [-0.4, -0.2) is 36.5 Å². The van der Waals surface area contributed by atoms with E-state index in [0.717, 1.165) is 26.1 Å². The molecule has 1 aliphatic heterocycles. The summed E-state index contributed by atoms with van der Waals surface area (Å²) < 4.78 is 0. The fourth-order valence-corrected chi connectivity index (χ4v) is 2.74. The lowest BCUT2D eigenvalue weighted by atomic mass is 9.87. The van der Waals surface area contributed by atoms with E-state index in [1.807, 2.05) is 20.8 Å². The van der Waals surface area contributed by atoms with Crippen molar-refractivity contribution in [1.29, 1.82) is 0 Å². The minimum atomic E-state index is -0.274. The summed E-state index contributed by atoms with van der Waals surface area (Å²) in [6, 6.07) is 0.444. The summed E-state index contributed by atoms with van der Waals surface area (Å²) in [6.45, 7) is 17.8. The molecular formula is C17H34N2O. The molecule has 1 heterocycles. The molecule has 0 bridgehead atoms. The Kier molecular flexibility index (Phi) is 5.65. The maximum Gasteiger partial charge on any atom is 0.228 e. The van der Waals surface area contributed by atoms with Crippen LogP contribution in [0.25, 0.3) is 0 Å². The lowest BCUT2D eigenvalue weighted by Gasteiger charge is -2.41. The molecule has 2 unspecified atom stereocenters. The summed E-state index contributed by atoms with van der Waals surface area (Å²) >= 11 is 0. The Morgan fingerprint density at radius 3 is 2.20 bits per heavy atom. The number of hydrogen-bond acceptors (Lipinski definition) is 2. The summed E-state index contributed by atoms with van der Waals surface area (Å²) in [5.41, 5.74) is 0.0161. The number of carbonyl (C=O) groups excluding carboxylic acids is 1. The Bertz CT molecular complexity index is 325. The highest BCUT2D eigenvalue weighted by molar-refractivity contribution is 5.81. The number of piperidine rings is 1. The van der Waals surface area contributed by atoms with Crippen LogP contribution in [0.1, 0.15) is 61.3 Å². The minimum absolute atomic E-state index is 0.274. The van der Waals surface area contributed by atoms with Gasteiger partial charge in [0.25, 0.3) is 0 Å². The molecule has 1 aliphatic rings. The Morgan fingerprint density at radius 2 is 1.75 bits per heavy atom. The van der Waals surface area contributed by atoms with Crippen molar-refractivity contribution in [1.82, 2.24) is 10.2 Å². The van der Waals surface area contributed by atoms with E-state index >= 15 is 0 Å². The second-order valence-corrected chi connectivity index (χ2v) is 8.61. The molecule has 0 aromatic rings. The first-order valence-electron chi connectivity index (χ1n) is 8.05. The van der Waals surface area contributed by atoms with Gasteiger partial charge < -0.3 is 10.2 Å². The van der Waals surface area contributed by atoms with Crippen LogP contribution in [0, 0.1) is 16.7 Å². The van der Waals surface area contributed by atoms with Gasteiger partial charge in [-0.1, -0.05) is 54.9 Å². The molecule has 0 radical (unpaired) electrons. The first-order valence-corrected chi connectivity index (χ1v) is 8.05. The molecule has 20 heavy (non-hydrogen) atoms. The summed E-state index contributed by atoms with van der Waals surface area (Å²) in [4.78, 5) is 14.6. The molecule has 1 N–H and O–H groups in total. The van der Waals surface area contributed by atoms with E-state index in [0.29, 0.717) is 17.9 Å². The van der Waals surface area contributed by atoms with E-state index in [1.54, 1.807) is 0 Å². The van der Waals surface area contributed by atoms with Crippen LogP contribution >= 0.6 is 0 Å². The summed E-state index contributed by atoms with van der Waals surface area (Å²) in [7, 11) is 0. The third kappa shape index (κ3) is 5.43. The van der Waals surface area contributed by atoms with Gasteiger partial charge in [0.1, 0.15) is 0 Å². The van der Waals surface area contributed by atoms with Gasteiger partial charge in [-0.25, -0.2) is 0 Å². The third-order valence-corrected chi connectivity index (χ3v) is 3.96. The Morgan fingerprint density at radius 1 is 1.15 bits per heavy atom. The van der Waals surface area contributed by atoms with Crippen molar-refractivity contribution in [3.63, 3.8) is 0 Å². The van der Waals surface area contributed by atoms with Crippen LogP contribution in [0.2, 0.25) is 0 Å². The molecule has 3 heteroatoms. The van der Waals surface area contributed by atoms with Crippen molar-refractivity contribution in [2.75, 3.05) is 19.6 Å². The van der Waals surface area contributed by atoms with E-state index in [1.165, 1.54) is 6.42 Å². The normalized spacial score (nSPS) is 24.9. The number of rotatable bonds is 3. The Hall–Kier alpha value is -0.570. The lowest BCUT2D eigenvalue weighted by Crippen LogP contribution is -2.54. The molecule has 1 saturated heterocycles. The molecule has 118 valence electrons. The van der Waals surface area contributed by atoms with Gasteiger partial charge in [-0.05, 0) is 17.8 Å². The highest BCUT2D eigenvalue weighted by atomic mass is 16.2. The van der Waals surface area contributed by atoms with Crippen LogP contribution in [0.5, 0.6) is 0 Å². The van der Waals surface area contributed by atoms with Gasteiger partial charge in [0.2, 0.25) is 5.91 Å². The van der Waals surface area contributed by atoms with Crippen LogP contribution in [0.4, 0.5) is 0 Å². The fourth-order valence-electron chi connectivity index (χ4n) is 2.74. The second kappa shape index (κ2) is 6.46. The molecule has 0 spiro atoms. The van der Waals surface area contributed by atoms with E-state index in [9.17, 15) is 4.79 Å². The van der Waals surface area contributed by atoms with Crippen molar-refractivity contribution in [3.8, 4) is 0 Å². The van der Waals surface area contributed by atoms with Crippen molar-refractivity contribution in [2.24, 2.45) is 16.7 Å². The summed E-state index contributed by atoms with van der Waals surface area (Å²) in [6.07, 6.45) is 2.35. The largest absolute Gasteiger partial charge is 0.340 e. The van der Waals surface area contributed by atoms with E-state index < -0.39 is 0 Å². The van der Waals surface area contributed by atoms with Gasteiger partial charge in [-0.2, -0.15) is 0 Å². The van der Waals surface area contributed by atoms with Crippen molar-refractivity contribution in [2.45, 2.75) is 67.3 Å². The standard InChI is InChI=1S/C17H34N2O/c1-8-13-9-14(18-12-16(2,3)4)11-19(10-13)15(20)17(5,6)7/h13-14,18H,8-12H2,1-7H3. The molecule has 2 atom stereocenters. The topological polar surface area (TPSA) is 32.3 Å². The molecule has 0 aromatic heterocycles. The number of hydrogen-bond donors (Lipinski definition) is 1. The molecule has 1 amide bonds. The zero-order valence-electron chi connectivity index (χ0n) is 14.5. The van der Waals surface area contributed by atoms with Crippen LogP contribution in [0.15, 0.2) is 0 Å². The Balaban J connectivity index is 2.67. The van der Waals surface area contributed by atoms with Gasteiger partial charge in [0.05, 0.1) is 0 Å². The van der Waals surface area contributed by atoms with E-state index in [-0.39, 0.29) is 10.8 Å². The maximum atomic E-state index is 12.5. The van der Waals surface area contributed by atoms with Crippen molar-refractivity contribution >= 4 is 5.91 Å². The first-order chi connectivity index (χ1) is 9.03. The monoisotopic (exact) mass is 282 g/mol. The smallest absolute Gasteiger partial charge is 0.228 e. The van der Waals surface area contributed by atoms with Gasteiger partial charge in [-0.3, -0.25) is 4.79 Å². The highest BCUT2D eigenvalue weighted by Crippen LogP contribution is 2.25. The first kappa shape index (κ1) is 17.5. The molecule has 1 rings (SSSR count). The van der Waals surface area contributed by atoms with Gasteiger partial charge in [0.15, 0.2) is 0 Å². The lowest BCUT2D eigenvalue weighted by molar-refractivity contribution is -0.142. The molecule has 0 aliphatic carbocycles. The van der Waals surface area contributed by atoms with Crippen LogP contribution in [0.3, 0.4) is 0 Å². The van der Waals surface area contributed by atoms with Crippen molar-refractivity contribution in [3.05, 3.63) is 0 Å². The molecule has 0 saturated carbocycles. The SMILES string of the molecule is CCC1CC(NCC(C)(C)C)CN(C(=O)C(C)(C)C)C1. The van der Waals surface area contributed by atoms with Crippen LogP contribution < -0.4 is 5.32 Å². The molecular weight excluding hydrogens is 248 g/mol. The Labute approximate surface area is 125 Å². The van der Waals surface area contributed by atoms with E-state index in [4.69, 9.17) is 0 Å². The van der Waals surface area contributed by atoms with Gasteiger partial charge >= 0.3 is 0 Å². The van der Waals surface area contributed by atoms with Crippen molar-refractivity contribution < 1.29 is 4.79 Å². The second-order valence-electron chi connectivity index (χ2n) is 8.61. The quantitative estimate of drug-likeness (QED) is 0.861. The predicted molar refractivity (Wildman–Crippen MR) is 85.7 cm³/mol. The average molecular weight is 282 g/mol. The van der Waals surface area contributed by atoms with Gasteiger partial charge in [0, 0.05) is 31.1 Å². The molecule has 0 aromatic carbocycles. The zero-order chi connectivity index (χ0) is 15.6. The number of nitrogens with one attached hydrogen (secondary N) is 1. The van der Waals surface area contributed by atoms with Gasteiger partial charge in [-0.15, -0.1) is 0 Å². The summed E-state index contributed by atoms with van der Waals surface area (Å²) in [5, 5.41) is 3.67. The maximum absolute atomic E-state index is 12.5. The molecule has 1 fully saturated rings. The fraction of sp³-hybridized carbons (Fsp3) is 0.941.